The first-order valence-corrected chi connectivity index (χ1v) is 7.90. The van der Waals surface area contributed by atoms with Crippen LogP contribution in [-0.4, -0.2) is 17.5 Å². The summed E-state index contributed by atoms with van der Waals surface area (Å²) >= 11 is 0. The first-order chi connectivity index (χ1) is 11.5. The Bertz CT molecular complexity index is 754. The van der Waals surface area contributed by atoms with Gasteiger partial charge in [-0.15, -0.1) is 0 Å². The zero-order chi connectivity index (χ0) is 17.5. The molecule has 5 nitrogen and oxygen atoms in total. The van der Waals surface area contributed by atoms with Crippen LogP contribution in [0.5, 0.6) is 5.75 Å². The SMILES string of the molecule is CC=CCCOc1cccc(NC(=O)c2cc(C)c(C)nc2N)c1. The lowest BCUT2D eigenvalue weighted by molar-refractivity contribution is 0.102. The molecule has 0 saturated heterocycles. The third-order valence-electron chi connectivity index (χ3n) is 3.62. The van der Waals surface area contributed by atoms with Crippen LogP contribution in [0.1, 0.15) is 35.0 Å². The molecule has 2 rings (SSSR count). The van der Waals surface area contributed by atoms with Crippen molar-refractivity contribution in [3.8, 4) is 5.75 Å². The Hall–Kier alpha value is -2.82. The number of carbonyl (C=O) groups excluding carboxylic acids is 1. The van der Waals surface area contributed by atoms with E-state index < -0.39 is 0 Å². The van der Waals surface area contributed by atoms with Gasteiger partial charge in [-0.25, -0.2) is 4.98 Å². The van der Waals surface area contributed by atoms with E-state index >= 15 is 0 Å². The Labute approximate surface area is 142 Å². The number of nitrogens with zero attached hydrogens (tertiary/aromatic N) is 1. The molecule has 1 aromatic carbocycles. The number of nitrogens with one attached hydrogen (secondary N) is 1. The average Bonchev–Trinajstić information content (AvgIpc) is 2.55. The number of aryl methyl sites for hydroxylation is 2. The van der Waals surface area contributed by atoms with Crippen LogP contribution >= 0.6 is 0 Å². The largest absolute Gasteiger partial charge is 0.493 e. The number of nitrogens with two attached hydrogens (primary N) is 1. The highest BCUT2D eigenvalue weighted by Crippen LogP contribution is 2.20. The van der Waals surface area contributed by atoms with Crippen LogP contribution in [0.15, 0.2) is 42.5 Å². The van der Waals surface area contributed by atoms with E-state index in [0.29, 0.717) is 23.6 Å². The molecule has 0 saturated carbocycles. The molecule has 1 amide bonds. The number of amides is 1. The Morgan fingerprint density at radius 1 is 1.33 bits per heavy atom. The molecule has 3 N–H and O–H groups in total. The summed E-state index contributed by atoms with van der Waals surface area (Å²) in [6.07, 6.45) is 4.88. The summed E-state index contributed by atoms with van der Waals surface area (Å²) in [6.45, 7) is 6.33. The third kappa shape index (κ3) is 4.59. The van der Waals surface area contributed by atoms with E-state index in [1.165, 1.54) is 0 Å². The predicted molar refractivity (Wildman–Crippen MR) is 97.4 cm³/mol. The second-order valence-electron chi connectivity index (χ2n) is 5.51. The second-order valence-corrected chi connectivity index (χ2v) is 5.51. The quantitative estimate of drug-likeness (QED) is 0.624. The molecular formula is C19H23N3O2. The number of allylic oxidation sites excluding steroid dienone is 1. The molecular weight excluding hydrogens is 302 g/mol. The Morgan fingerprint density at radius 3 is 2.88 bits per heavy atom. The summed E-state index contributed by atoms with van der Waals surface area (Å²) in [5, 5.41) is 2.83. The van der Waals surface area contributed by atoms with Gasteiger partial charge in [0.05, 0.1) is 12.2 Å². The maximum atomic E-state index is 12.4. The standard InChI is InChI=1S/C19H23N3O2/c1-4-5-6-10-24-16-9-7-8-15(12-16)22-19(23)17-11-13(2)14(3)21-18(17)20/h4-5,7-9,11-12H,6,10H2,1-3H3,(H2,20,21)(H,22,23). The van der Waals surface area contributed by atoms with E-state index in [1.54, 1.807) is 18.2 Å². The third-order valence-corrected chi connectivity index (χ3v) is 3.62. The molecule has 0 spiro atoms. The fourth-order valence-corrected chi connectivity index (χ4v) is 2.18. The number of nitrogen functional groups attached to an aromatic ring is 1. The highest BCUT2D eigenvalue weighted by molar-refractivity contribution is 6.07. The Kier molecular flexibility index (Phi) is 5.95. The molecule has 1 heterocycles. The lowest BCUT2D eigenvalue weighted by Gasteiger charge is -2.11. The molecule has 2 aromatic rings. The lowest BCUT2D eigenvalue weighted by atomic mass is 10.1. The highest BCUT2D eigenvalue weighted by Gasteiger charge is 2.13. The number of anilines is 2. The maximum absolute atomic E-state index is 12.4. The van der Waals surface area contributed by atoms with E-state index in [0.717, 1.165) is 17.7 Å². The monoisotopic (exact) mass is 325 g/mol. The van der Waals surface area contributed by atoms with Crippen LogP contribution in [0.2, 0.25) is 0 Å². The van der Waals surface area contributed by atoms with Crippen LogP contribution in [-0.2, 0) is 0 Å². The van der Waals surface area contributed by atoms with Gasteiger partial charge in [0, 0.05) is 17.4 Å². The fraction of sp³-hybridized carbons (Fsp3) is 0.263. The van der Waals surface area contributed by atoms with Crippen molar-refractivity contribution in [1.82, 2.24) is 4.98 Å². The summed E-state index contributed by atoms with van der Waals surface area (Å²) in [4.78, 5) is 16.6. The van der Waals surface area contributed by atoms with Crippen LogP contribution < -0.4 is 15.8 Å². The van der Waals surface area contributed by atoms with Gasteiger partial charge in [0.25, 0.3) is 5.91 Å². The van der Waals surface area contributed by atoms with E-state index in [9.17, 15) is 4.79 Å². The molecule has 0 atom stereocenters. The normalized spacial score (nSPS) is 10.8. The van der Waals surface area contributed by atoms with E-state index in [-0.39, 0.29) is 11.7 Å². The van der Waals surface area contributed by atoms with E-state index in [2.05, 4.69) is 10.3 Å². The highest BCUT2D eigenvalue weighted by atomic mass is 16.5. The molecule has 0 bridgehead atoms. The summed E-state index contributed by atoms with van der Waals surface area (Å²) in [6, 6.07) is 9.05. The van der Waals surface area contributed by atoms with Crippen LogP contribution in [0, 0.1) is 13.8 Å². The van der Waals surface area contributed by atoms with Crippen molar-refractivity contribution in [2.75, 3.05) is 17.7 Å². The number of pyridine rings is 1. The molecule has 24 heavy (non-hydrogen) atoms. The number of benzene rings is 1. The van der Waals surface area contributed by atoms with Crippen molar-refractivity contribution >= 4 is 17.4 Å². The zero-order valence-electron chi connectivity index (χ0n) is 14.3. The molecule has 0 radical (unpaired) electrons. The molecule has 0 aliphatic carbocycles. The van der Waals surface area contributed by atoms with Gasteiger partial charge in [-0.05, 0) is 51.0 Å². The number of ether oxygens (including phenoxy) is 1. The fourth-order valence-electron chi connectivity index (χ4n) is 2.18. The van der Waals surface area contributed by atoms with Gasteiger partial charge in [-0.1, -0.05) is 18.2 Å². The second kappa shape index (κ2) is 8.15. The number of hydrogen-bond acceptors (Lipinski definition) is 4. The first kappa shape index (κ1) is 17.5. The number of rotatable bonds is 6. The lowest BCUT2D eigenvalue weighted by Crippen LogP contribution is -2.16. The van der Waals surface area contributed by atoms with E-state index in [1.807, 2.05) is 45.1 Å². The molecule has 0 unspecified atom stereocenters. The average molecular weight is 325 g/mol. The molecule has 0 aliphatic heterocycles. The molecule has 1 aromatic heterocycles. The molecule has 0 aliphatic rings. The summed E-state index contributed by atoms with van der Waals surface area (Å²) in [5.41, 5.74) is 8.64. The van der Waals surface area contributed by atoms with Crippen molar-refractivity contribution in [2.24, 2.45) is 0 Å². The minimum Gasteiger partial charge on any atom is -0.493 e. The topological polar surface area (TPSA) is 77.2 Å². The Morgan fingerprint density at radius 2 is 2.12 bits per heavy atom. The summed E-state index contributed by atoms with van der Waals surface area (Å²) < 4.78 is 5.65. The number of aromatic nitrogens is 1. The van der Waals surface area contributed by atoms with Gasteiger partial charge < -0.3 is 15.8 Å². The van der Waals surface area contributed by atoms with Gasteiger partial charge in [0.2, 0.25) is 0 Å². The molecule has 5 heteroatoms. The van der Waals surface area contributed by atoms with Gasteiger partial charge in [-0.3, -0.25) is 4.79 Å². The van der Waals surface area contributed by atoms with Crippen LogP contribution in [0.4, 0.5) is 11.5 Å². The molecule has 126 valence electrons. The first-order valence-electron chi connectivity index (χ1n) is 7.90. The zero-order valence-corrected chi connectivity index (χ0v) is 14.3. The van der Waals surface area contributed by atoms with Crippen molar-refractivity contribution in [3.63, 3.8) is 0 Å². The summed E-state index contributed by atoms with van der Waals surface area (Å²) in [5.74, 6) is 0.659. The maximum Gasteiger partial charge on any atom is 0.259 e. The Balaban J connectivity index is 2.08. The van der Waals surface area contributed by atoms with E-state index in [4.69, 9.17) is 10.5 Å². The van der Waals surface area contributed by atoms with Gasteiger partial charge in [0.15, 0.2) is 0 Å². The van der Waals surface area contributed by atoms with Gasteiger partial charge >= 0.3 is 0 Å². The van der Waals surface area contributed by atoms with Crippen molar-refractivity contribution in [3.05, 3.63) is 59.3 Å². The van der Waals surface area contributed by atoms with Gasteiger partial charge in [0.1, 0.15) is 11.6 Å². The van der Waals surface area contributed by atoms with Crippen molar-refractivity contribution in [2.45, 2.75) is 27.2 Å². The minimum absolute atomic E-state index is 0.231. The van der Waals surface area contributed by atoms with Crippen LogP contribution in [0.3, 0.4) is 0 Å². The number of carbonyl (C=O) groups is 1. The smallest absolute Gasteiger partial charge is 0.259 e. The summed E-state index contributed by atoms with van der Waals surface area (Å²) in [7, 11) is 0. The van der Waals surface area contributed by atoms with Gasteiger partial charge in [-0.2, -0.15) is 0 Å². The minimum atomic E-state index is -0.283. The van der Waals surface area contributed by atoms with Crippen molar-refractivity contribution < 1.29 is 9.53 Å². The molecule has 0 fully saturated rings. The predicted octanol–water partition coefficient (Wildman–Crippen LogP) is 3.88. The number of hydrogen-bond donors (Lipinski definition) is 2. The van der Waals surface area contributed by atoms with Crippen molar-refractivity contribution in [1.29, 1.82) is 0 Å². The van der Waals surface area contributed by atoms with Crippen LogP contribution in [0.25, 0.3) is 0 Å².